The van der Waals surface area contributed by atoms with Gasteiger partial charge < -0.3 is 23.2 Å². The Balaban J connectivity index is 4.93. The van der Waals surface area contributed by atoms with Crippen LogP contribution in [-0.2, 0) is 27.2 Å². The van der Waals surface area contributed by atoms with Crippen LogP contribution in [0, 0.1) is 0 Å². The van der Waals surface area contributed by atoms with E-state index in [1.807, 2.05) is 0 Å². The maximum atomic E-state index is 12.5. The highest BCUT2D eigenvalue weighted by Gasteiger charge is 2.46. The summed E-state index contributed by atoms with van der Waals surface area (Å²) in [6, 6.07) is 0. The lowest BCUT2D eigenvalue weighted by Gasteiger charge is -2.31. The van der Waals surface area contributed by atoms with Crippen molar-refractivity contribution in [2.75, 3.05) is 33.6 Å². The van der Waals surface area contributed by atoms with Crippen LogP contribution in [0.25, 0.3) is 0 Å². The Labute approximate surface area is 114 Å². The van der Waals surface area contributed by atoms with Gasteiger partial charge in [-0.25, -0.2) is 0 Å². The third-order valence-corrected chi connectivity index (χ3v) is 7.09. The van der Waals surface area contributed by atoms with Crippen molar-refractivity contribution < 1.29 is 32.3 Å². The Bertz CT molecular complexity index is 338. The van der Waals surface area contributed by atoms with E-state index in [2.05, 4.69) is 0 Å². The molecule has 0 aromatic heterocycles. The Morgan fingerprint density at radius 2 is 1.47 bits per heavy atom. The fourth-order valence-corrected chi connectivity index (χ4v) is 4.49. The zero-order chi connectivity index (χ0) is 15.2. The van der Waals surface area contributed by atoms with Crippen molar-refractivity contribution in [2.45, 2.75) is 32.5 Å². The second-order valence-corrected chi connectivity index (χ2v) is 8.87. The fraction of sp³-hybridized carbons (Fsp3) is 1.00. The van der Waals surface area contributed by atoms with Crippen LogP contribution in [0.2, 0.25) is 0 Å². The standard InChI is InChI=1S/C10H24O7P2/c1-6-16-19(13,17-7-2)10(3,11)8-9-18(12,14-4)15-5/h11H,6-9H2,1-5H3. The van der Waals surface area contributed by atoms with Crippen LogP contribution in [0.5, 0.6) is 0 Å². The molecular weight excluding hydrogens is 294 g/mol. The normalized spacial score (nSPS) is 16.3. The van der Waals surface area contributed by atoms with Gasteiger partial charge in [-0.05, 0) is 27.2 Å². The van der Waals surface area contributed by atoms with E-state index in [4.69, 9.17) is 18.1 Å². The maximum Gasteiger partial charge on any atom is 0.361 e. The number of rotatable bonds is 10. The van der Waals surface area contributed by atoms with E-state index in [0.29, 0.717) is 0 Å². The molecule has 1 unspecified atom stereocenters. The van der Waals surface area contributed by atoms with Crippen LogP contribution in [0.3, 0.4) is 0 Å². The largest absolute Gasteiger partial charge is 0.377 e. The topological polar surface area (TPSA) is 91.3 Å². The van der Waals surface area contributed by atoms with E-state index in [9.17, 15) is 14.2 Å². The lowest BCUT2D eigenvalue weighted by atomic mass is 10.3. The lowest BCUT2D eigenvalue weighted by molar-refractivity contribution is 0.0777. The molecule has 0 bridgehead atoms. The summed E-state index contributed by atoms with van der Waals surface area (Å²) in [5.41, 5.74) is 0. The molecule has 0 heterocycles. The number of hydrogen-bond donors (Lipinski definition) is 1. The average molecular weight is 318 g/mol. The minimum atomic E-state index is -3.71. The molecule has 0 aromatic rings. The molecule has 116 valence electrons. The monoisotopic (exact) mass is 318 g/mol. The minimum absolute atomic E-state index is 0.0862. The number of hydrogen-bond acceptors (Lipinski definition) is 7. The van der Waals surface area contributed by atoms with Crippen LogP contribution < -0.4 is 0 Å². The highest BCUT2D eigenvalue weighted by Crippen LogP contribution is 2.61. The van der Waals surface area contributed by atoms with E-state index in [1.54, 1.807) is 13.8 Å². The molecule has 7 nitrogen and oxygen atoms in total. The summed E-state index contributed by atoms with van der Waals surface area (Å²) in [6.45, 7) is 4.90. The molecule has 0 rings (SSSR count). The molecule has 0 aromatic carbocycles. The van der Waals surface area contributed by atoms with Gasteiger partial charge in [-0.3, -0.25) is 9.13 Å². The van der Waals surface area contributed by atoms with Gasteiger partial charge >= 0.3 is 15.2 Å². The zero-order valence-corrected chi connectivity index (χ0v) is 13.9. The predicted octanol–water partition coefficient (Wildman–Crippen LogP) is 2.84. The molecule has 0 fully saturated rings. The Hall–Kier alpha value is 0.260. The summed E-state index contributed by atoms with van der Waals surface area (Å²) in [5, 5.41) is 8.55. The highest BCUT2D eigenvalue weighted by molar-refractivity contribution is 7.56. The SMILES string of the molecule is CCOP(=O)(OCC)C(C)(O)CCP(=O)(OC)OC. The molecule has 0 aliphatic heterocycles. The van der Waals surface area contributed by atoms with Crippen LogP contribution >= 0.6 is 15.2 Å². The van der Waals surface area contributed by atoms with E-state index in [0.717, 1.165) is 0 Å². The first-order chi connectivity index (χ1) is 8.70. The Kier molecular flexibility index (Phi) is 8.00. The quantitative estimate of drug-likeness (QED) is 0.619. The summed E-state index contributed by atoms with van der Waals surface area (Å²) >= 11 is 0. The van der Waals surface area contributed by atoms with Crippen LogP contribution in [0.15, 0.2) is 0 Å². The molecule has 0 radical (unpaired) electrons. The van der Waals surface area contributed by atoms with Crippen molar-refractivity contribution in [3.8, 4) is 0 Å². The van der Waals surface area contributed by atoms with Crippen LogP contribution in [0.4, 0.5) is 0 Å². The van der Waals surface area contributed by atoms with E-state index >= 15 is 0 Å². The average Bonchev–Trinajstić information content (AvgIpc) is 2.36. The summed E-state index contributed by atoms with van der Waals surface area (Å²) in [6.07, 6.45) is -0.180. The first-order valence-corrected chi connectivity index (χ1v) is 9.29. The molecule has 0 amide bonds. The minimum Gasteiger partial charge on any atom is -0.377 e. The summed E-state index contributed by atoms with van der Waals surface area (Å²) in [5.74, 6) is 0. The smallest absolute Gasteiger partial charge is 0.361 e. The van der Waals surface area contributed by atoms with Gasteiger partial charge in [0, 0.05) is 14.2 Å². The van der Waals surface area contributed by atoms with Gasteiger partial charge in [0.15, 0.2) is 5.34 Å². The second kappa shape index (κ2) is 7.89. The van der Waals surface area contributed by atoms with Gasteiger partial charge in [0.2, 0.25) is 0 Å². The third-order valence-electron chi connectivity index (χ3n) is 2.60. The maximum absolute atomic E-state index is 12.5. The summed E-state index contributed by atoms with van der Waals surface area (Å²) in [7, 11) is -4.48. The second-order valence-electron chi connectivity index (χ2n) is 4.00. The zero-order valence-electron chi connectivity index (χ0n) is 12.1. The third kappa shape index (κ3) is 5.27. The molecule has 0 spiro atoms. The van der Waals surface area contributed by atoms with E-state index in [-0.39, 0.29) is 25.8 Å². The lowest BCUT2D eigenvalue weighted by Crippen LogP contribution is -2.28. The van der Waals surface area contributed by atoms with Gasteiger partial charge in [-0.15, -0.1) is 0 Å². The molecule has 0 saturated carbocycles. The van der Waals surface area contributed by atoms with Gasteiger partial charge in [-0.2, -0.15) is 0 Å². The number of aliphatic hydroxyl groups is 1. The van der Waals surface area contributed by atoms with Gasteiger partial charge in [0.05, 0.1) is 19.4 Å². The molecule has 1 N–H and O–H groups in total. The molecule has 0 aliphatic carbocycles. The van der Waals surface area contributed by atoms with E-state index < -0.39 is 20.5 Å². The van der Waals surface area contributed by atoms with Crippen molar-refractivity contribution in [1.29, 1.82) is 0 Å². The highest BCUT2D eigenvalue weighted by atomic mass is 31.2. The molecule has 0 saturated heterocycles. The molecular formula is C10H24O7P2. The summed E-state index contributed by atoms with van der Waals surface area (Å²) in [4.78, 5) is 0. The van der Waals surface area contributed by atoms with Crippen molar-refractivity contribution >= 4 is 15.2 Å². The summed E-state index contributed by atoms with van der Waals surface area (Å²) < 4.78 is 44.1. The van der Waals surface area contributed by atoms with Crippen molar-refractivity contribution in [3.05, 3.63) is 0 Å². The Morgan fingerprint density at radius 3 is 1.79 bits per heavy atom. The van der Waals surface area contributed by atoms with Gasteiger partial charge in [-0.1, -0.05) is 0 Å². The predicted molar refractivity (Wildman–Crippen MR) is 72.6 cm³/mol. The van der Waals surface area contributed by atoms with E-state index in [1.165, 1.54) is 21.1 Å². The van der Waals surface area contributed by atoms with Gasteiger partial charge in [0.1, 0.15) is 0 Å². The fourth-order valence-electron chi connectivity index (χ4n) is 1.40. The molecule has 19 heavy (non-hydrogen) atoms. The van der Waals surface area contributed by atoms with Crippen LogP contribution in [0.1, 0.15) is 27.2 Å². The first-order valence-electron chi connectivity index (χ1n) is 6.02. The van der Waals surface area contributed by atoms with Crippen molar-refractivity contribution in [3.63, 3.8) is 0 Å². The van der Waals surface area contributed by atoms with Crippen molar-refractivity contribution in [1.82, 2.24) is 0 Å². The molecule has 0 aliphatic rings. The van der Waals surface area contributed by atoms with Gasteiger partial charge in [0.25, 0.3) is 0 Å². The van der Waals surface area contributed by atoms with Crippen LogP contribution in [-0.4, -0.2) is 44.0 Å². The molecule has 9 heteroatoms. The first kappa shape index (κ1) is 19.3. The Morgan fingerprint density at radius 1 is 1.05 bits per heavy atom. The molecule has 1 atom stereocenters. The van der Waals surface area contributed by atoms with Crippen molar-refractivity contribution in [2.24, 2.45) is 0 Å².